The Kier molecular flexibility index (Phi) is 4.91. The quantitative estimate of drug-likeness (QED) is 0.816. The molecule has 4 nitrogen and oxygen atoms in total. The van der Waals surface area contributed by atoms with E-state index in [1.54, 1.807) is 17.0 Å². The summed E-state index contributed by atoms with van der Waals surface area (Å²) in [5.41, 5.74) is 2.35. The van der Waals surface area contributed by atoms with Gasteiger partial charge in [0.15, 0.2) is 0 Å². The Hall–Kier alpha value is -2.36. The number of amides is 1. The molecule has 2 heterocycles. The Morgan fingerprint density at radius 3 is 2.78 bits per heavy atom. The van der Waals surface area contributed by atoms with Gasteiger partial charge in [0.05, 0.1) is 6.20 Å². The lowest BCUT2D eigenvalue weighted by Crippen LogP contribution is -2.30. The first-order valence-electron chi connectivity index (χ1n) is 8.23. The lowest BCUT2D eigenvalue weighted by atomic mass is 9.92. The van der Waals surface area contributed by atoms with Crippen molar-refractivity contribution in [2.75, 3.05) is 13.1 Å². The normalized spacial score (nSPS) is 19.0. The van der Waals surface area contributed by atoms with Crippen molar-refractivity contribution in [2.24, 2.45) is 7.05 Å². The molecule has 2 aromatic rings. The number of carbonyl (C=O) groups is 1. The molecule has 1 fully saturated rings. The van der Waals surface area contributed by atoms with E-state index in [1.165, 1.54) is 5.56 Å². The predicted molar refractivity (Wildman–Crippen MR) is 91.9 cm³/mol. The van der Waals surface area contributed by atoms with Crippen LogP contribution in [0.1, 0.15) is 36.3 Å². The summed E-state index contributed by atoms with van der Waals surface area (Å²) in [6.07, 6.45) is 10.4. The highest BCUT2D eigenvalue weighted by Gasteiger charge is 2.20. The van der Waals surface area contributed by atoms with Crippen LogP contribution in [-0.4, -0.2) is 33.7 Å². The van der Waals surface area contributed by atoms with Gasteiger partial charge < -0.3 is 4.90 Å². The largest absolute Gasteiger partial charge is 0.339 e. The van der Waals surface area contributed by atoms with Gasteiger partial charge in [-0.3, -0.25) is 9.48 Å². The molecule has 0 radical (unpaired) electrons. The Labute approximate surface area is 137 Å². The molecule has 0 spiro atoms. The number of rotatable bonds is 3. The van der Waals surface area contributed by atoms with E-state index in [-0.39, 0.29) is 5.91 Å². The molecule has 4 heteroatoms. The Bertz CT molecular complexity index is 675. The van der Waals surface area contributed by atoms with Crippen molar-refractivity contribution in [1.29, 1.82) is 0 Å². The molecule has 23 heavy (non-hydrogen) atoms. The standard InChI is InChI=1S/C19H23N3O/c1-21-15-16(14-20-21)9-10-19(23)22-12-5-8-18(11-13-22)17-6-3-2-4-7-17/h2-4,6-7,9-10,14-15,18H,5,8,11-13H2,1H3/b10-9+. The SMILES string of the molecule is Cn1cc(/C=C/C(=O)N2CCCC(c3ccccc3)CC2)cn1. The maximum absolute atomic E-state index is 12.4. The fourth-order valence-corrected chi connectivity index (χ4v) is 3.17. The second-order valence-electron chi connectivity index (χ2n) is 6.14. The van der Waals surface area contributed by atoms with Crippen molar-refractivity contribution < 1.29 is 4.79 Å². The van der Waals surface area contributed by atoms with E-state index in [9.17, 15) is 4.79 Å². The van der Waals surface area contributed by atoms with E-state index in [1.807, 2.05) is 24.2 Å². The van der Waals surface area contributed by atoms with Crippen molar-refractivity contribution >= 4 is 12.0 Å². The number of nitrogens with zero attached hydrogens (tertiary/aromatic N) is 3. The Balaban J connectivity index is 1.59. The van der Waals surface area contributed by atoms with Gasteiger partial charge in [-0.1, -0.05) is 30.3 Å². The maximum atomic E-state index is 12.4. The third-order valence-corrected chi connectivity index (χ3v) is 4.45. The minimum Gasteiger partial charge on any atom is -0.339 e. The summed E-state index contributed by atoms with van der Waals surface area (Å²) in [5.74, 6) is 0.666. The topological polar surface area (TPSA) is 38.1 Å². The van der Waals surface area contributed by atoms with E-state index in [0.717, 1.165) is 37.9 Å². The Morgan fingerprint density at radius 2 is 2.04 bits per heavy atom. The molecule has 0 N–H and O–H groups in total. The van der Waals surface area contributed by atoms with Crippen LogP contribution in [0.3, 0.4) is 0 Å². The molecule has 1 atom stereocenters. The third-order valence-electron chi connectivity index (χ3n) is 4.45. The van der Waals surface area contributed by atoms with Crippen LogP contribution < -0.4 is 0 Å². The molecular weight excluding hydrogens is 286 g/mol. The van der Waals surface area contributed by atoms with Crippen LogP contribution in [0.4, 0.5) is 0 Å². The van der Waals surface area contributed by atoms with Crippen LogP contribution in [0.25, 0.3) is 6.08 Å². The average molecular weight is 309 g/mol. The summed E-state index contributed by atoms with van der Waals surface area (Å²) in [6, 6.07) is 10.6. The zero-order valence-corrected chi connectivity index (χ0v) is 13.6. The highest BCUT2D eigenvalue weighted by molar-refractivity contribution is 5.91. The minimum absolute atomic E-state index is 0.0996. The first kappa shape index (κ1) is 15.5. The molecule has 120 valence electrons. The first-order valence-corrected chi connectivity index (χ1v) is 8.23. The van der Waals surface area contributed by atoms with Gasteiger partial charge in [-0.05, 0) is 36.8 Å². The van der Waals surface area contributed by atoms with Gasteiger partial charge >= 0.3 is 0 Å². The van der Waals surface area contributed by atoms with Gasteiger partial charge in [0.1, 0.15) is 0 Å². The number of likely N-dealkylation sites (tertiary alicyclic amines) is 1. The molecule has 1 aliphatic heterocycles. The van der Waals surface area contributed by atoms with Crippen LogP contribution in [0, 0.1) is 0 Å². The van der Waals surface area contributed by atoms with Crippen LogP contribution in [0.5, 0.6) is 0 Å². The molecule has 1 saturated heterocycles. The molecule has 1 unspecified atom stereocenters. The van der Waals surface area contributed by atoms with Crippen molar-refractivity contribution in [3.05, 3.63) is 59.9 Å². The van der Waals surface area contributed by atoms with Gasteiger partial charge in [-0.15, -0.1) is 0 Å². The number of benzene rings is 1. The van der Waals surface area contributed by atoms with E-state index < -0.39 is 0 Å². The van der Waals surface area contributed by atoms with Crippen LogP contribution in [-0.2, 0) is 11.8 Å². The maximum Gasteiger partial charge on any atom is 0.246 e. The smallest absolute Gasteiger partial charge is 0.246 e. The molecule has 1 aliphatic rings. The fourth-order valence-electron chi connectivity index (χ4n) is 3.17. The monoisotopic (exact) mass is 309 g/mol. The highest BCUT2D eigenvalue weighted by atomic mass is 16.2. The summed E-state index contributed by atoms with van der Waals surface area (Å²) in [6.45, 7) is 1.68. The number of carbonyl (C=O) groups excluding carboxylic acids is 1. The zero-order chi connectivity index (χ0) is 16.1. The lowest BCUT2D eigenvalue weighted by Gasteiger charge is -2.19. The molecule has 0 saturated carbocycles. The van der Waals surface area contributed by atoms with Crippen molar-refractivity contribution in [3.8, 4) is 0 Å². The molecule has 3 rings (SSSR count). The molecular formula is C19H23N3O. The van der Waals surface area contributed by atoms with Crippen LogP contribution >= 0.6 is 0 Å². The Morgan fingerprint density at radius 1 is 1.22 bits per heavy atom. The second-order valence-corrected chi connectivity index (χ2v) is 6.14. The molecule has 1 amide bonds. The second kappa shape index (κ2) is 7.27. The minimum atomic E-state index is 0.0996. The van der Waals surface area contributed by atoms with Gasteiger partial charge in [-0.2, -0.15) is 5.10 Å². The number of aryl methyl sites for hydroxylation is 1. The van der Waals surface area contributed by atoms with E-state index in [0.29, 0.717) is 5.92 Å². The predicted octanol–water partition coefficient (Wildman–Crippen LogP) is 3.23. The fraction of sp³-hybridized carbons (Fsp3) is 0.368. The van der Waals surface area contributed by atoms with Gasteiger partial charge in [-0.25, -0.2) is 0 Å². The highest BCUT2D eigenvalue weighted by Crippen LogP contribution is 2.27. The van der Waals surface area contributed by atoms with E-state index in [2.05, 4.69) is 35.4 Å². The number of aromatic nitrogens is 2. The summed E-state index contributed by atoms with van der Waals surface area (Å²) in [5, 5.41) is 4.11. The zero-order valence-electron chi connectivity index (χ0n) is 13.6. The number of hydrogen-bond acceptors (Lipinski definition) is 2. The summed E-state index contributed by atoms with van der Waals surface area (Å²) < 4.78 is 1.74. The van der Waals surface area contributed by atoms with Gasteiger partial charge in [0.2, 0.25) is 5.91 Å². The summed E-state index contributed by atoms with van der Waals surface area (Å²) in [7, 11) is 1.87. The van der Waals surface area contributed by atoms with Gasteiger partial charge in [0, 0.05) is 38.0 Å². The van der Waals surface area contributed by atoms with E-state index >= 15 is 0 Å². The average Bonchev–Trinajstić information content (AvgIpc) is 2.85. The van der Waals surface area contributed by atoms with E-state index in [4.69, 9.17) is 0 Å². The van der Waals surface area contributed by atoms with Crippen LogP contribution in [0.2, 0.25) is 0 Å². The van der Waals surface area contributed by atoms with Crippen molar-refractivity contribution in [2.45, 2.75) is 25.2 Å². The van der Waals surface area contributed by atoms with Gasteiger partial charge in [0.25, 0.3) is 0 Å². The first-order chi connectivity index (χ1) is 11.2. The molecule has 1 aromatic heterocycles. The van der Waals surface area contributed by atoms with Crippen molar-refractivity contribution in [3.63, 3.8) is 0 Å². The summed E-state index contributed by atoms with van der Waals surface area (Å²) >= 11 is 0. The summed E-state index contributed by atoms with van der Waals surface area (Å²) in [4.78, 5) is 14.4. The molecule has 0 aliphatic carbocycles. The van der Waals surface area contributed by atoms with Crippen molar-refractivity contribution in [1.82, 2.24) is 14.7 Å². The van der Waals surface area contributed by atoms with Crippen LogP contribution in [0.15, 0.2) is 48.8 Å². The number of hydrogen-bond donors (Lipinski definition) is 0. The third kappa shape index (κ3) is 4.09. The lowest BCUT2D eigenvalue weighted by molar-refractivity contribution is -0.125. The molecule has 1 aromatic carbocycles. The molecule has 0 bridgehead atoms.